The van der Waals surface area contributed by atoms with E-state index in [0.717, 1.165) is 14.2 Å². The number of hydrogen-bond acceptors (Lipinski definition) is 4. The molecule has 7 heteroatoms. The zero-order valence-electron chi connectivity index (χ0n) is 9.85. The number of benzene rings is 1. The summed E-state index contributed by atoms with van der Waals surface area (Å²) in [6.07, 6.45) is 0. The molecule has 1 aromatic carbocycles. The van der Waals surface area contributed by atoms with Crippen LogP contribution >= 0.6 is 43.2 Å². The van der Waals surface area contributed by atoms with E-state index in [4.69, 9.17) is 4.74 Å². The largest absolute Gasteiger partial charge is 0.481 e. The van der Waals surface area contributed by atoms with Crippen LogP contribution in [-0.4, -0.2) is 4.92 Å². The minimum atomic E-state index is -0.433. The molecule has 0 aliphatic heterocycles. The third-order valence-electron chi connectivity index (χ3n) is 2.40. The maximum Gasteiger partial charge on any atom is 0.312 e. The first-order valence-corrected chi connectivity index (χ1v) is 7.69. The predicted octanol–water partition coefficient (Wildman–Crippen LogP) is 5.07. The third-order valence-corrected chi connectivity index (χ3v) is 4.46. The van der Waals surface area contributed by atoms with Crippen LogP contribution in [0.3, 0.4) is 0 Å². The lowest BCUT2D eigenvalue weighted by Gasteiger charge is -2.09. The molecule has 1 aromatic heterocycles. The van der Waals surface area contributed by atoms with Crippen molar-refractivity contribution < 1.29 is 9.66 Å². The van der Waals surface area contributed by atoms with Crippen molar-refractivity contribution in [1.82, 2.24) is 0 Å². The summed E-state index contributed by atoms with van der Waals surface area (Å²) >= 11 is 8.16. The third kappa shape index (κ3) is 3.55. The molecule has 0 spiro atoms. The highest BCUT2D eigenvalue weighted by molar-refractivity contribution is 9.11. The fourth-order valence-electron chi connectivity index (χ4n) is 1.61. The van der Waals surface area contributed by atoms with Gasteiger partial charge in [0.25, 0.3) is 0 Å². The first-order chi connectivity index (χ1) is 8.97. The molecule has 4 nitrogen and oxygen atoms in total. The zero-order valence-corrected chi connectivity index (χ0v) is 13.8. The molecule has 0 atom stereocenters. The molecule has 0 aliphatic carbocycles. The van der Waals surface area contributed by atoms with E-state index >= 15 is 0 Å². The van der Waals surface area contributed by atoms with Crippen molar-refractivity contribution in [3.63, 3.8) is 0 Å². The van der Waals surface area contributed by atoms with Crippen molar-refractivity contribution in [2.45, 2.75) is 13.5 Å². The van der Waals surface area contributed by atoms with E-state index in [1.54, 1.807) is 24.3 Å². The number of rotatable bonds is 4. The lowest BCUT2D eigenvalue weighted by Crippen LogP contribution is -2.00. The van der Waals surface area contributed by atoms with Crippen LogP contribution in [0.4, 0.5) is 5.69 Å². The molecule has 0 amide bonds. The maximum absolute atomic E-state index is 11.0. The van der Waals surface area contributed by atoms with E-state index in [0.29, 0.717) is 16.8 Å². The molecule has 0 radical (unpaired) electrons. The lowest BCUT2D eigenvalue weighted by molar-refractivity contribution is -0.386. The molecule has 0 saturated carbocycles. The van der Waals surface area contributed by atoms with Crippen molar-refractivity contribution in [2.24, 2.45) is 0 Å². The first kappa shape index (κ1) is 14.5. The maximum atomic E-state index is 11.0. The predicted molar refractivity (Wildman–Crippen MR) is 81.9 cm³/mol. The number of nitro groups is 1. The highest BCUT2D eigenvalue weighted by Gasteiger charge is 2.19. The summed E-state index contributed by atoms with van der Waals surface area (Å²) < 4.78 is 7.29. The number of halogens is 2. The number of nitrogens with zero attached hydrogens (tertiary/aromatic N) is 1. The van der Waals surface area contributed by atoms with Gasteiger partial charge in [-0.15, -0.1) is 11.3 Å². The van der Waals surface area contributed by atoms with Gasteiger partial charge in [-0.25, -0.2) is 0 Å². The molecule has 0 bridgehead atoms. The Morgan fingerprint density at radius 1 is 1.37 bits per heavy atom. The molecule has 0 unspecified atom stereocenters. The number of nitro benzene ring substituents is 1. The Hall–Kier alpha value is -0.920. The van der Waals surface area contributed by atoms with E-state index in [-0.39, 0.29) is 5.69 Å². The second kappa shape index (κ2) is 6.02. The van der Waals surface area contributed by atoms with E-state index in [1.165, 1.54) is 6.07 Å². The summed E-state index contributed by atoms with van der Waals surface area (Å²) in [7, 11) is 0. The Kier molecular flexibility index (Phi) is 4.59. The molecule has 100 valence electrons. The van der Waals surface area contributed by atoms with Crippen LogP contribution in [0.2, 0.25) is 0 Å². The summed E-state index contributed by atoms with van der Waals surface area (Å²) in [6, 6.07) is 7.10. The monoisotopic (exact) mass is 405 g/mol. The van der Waals surface area contributed by atoms with E-state index in [1.807, 2.05) is 12.1 Å². The van der Waals surface area contributed by atoms with Gasteiger partial charge in [0.1, 0.15) is 6.61 Å². The van der Waals surface area contributed by atoms with Crippen LogP contribution in [-0.2, 0) is 6.61 Å². The van der Waals surface area contributed by atoms with Gasteiger partial charge in [-0.2, -0.15) is 0 Å². The summed E-state index contributed by atoms with van der Waals surface area (Å²) in [5.74, 6) is 0.317. The molecular weight excluding hydrogens is 398 g/mol. The van der Waals surface area contributed by atoms with Crippen LogP contribution in [0, 0.1) is 17.0 Å². The van der Waals surface area contributed by atoms with Gasteiger partial charge in [-0.1, -0.05) is 15.9 Å². The fourth-order valence-corrected chi connectivity index (χ4v) is 3.56. The van der Waals surface area contributed by atoms with Gasteiger partial charge in [-0.05, 0) is 46.6 Å². The van der Waals surface area contributed by atoms with Crippen LogP contribution in [0.5, 0.6) is 5.75 Å². The Morgan fingerprint density at radius 2 is 2.11 bits per heavy atom. The Labute approximate surface area is 130 Å². The summed E-state index contributed by atoms with van der Waals surface area (Å²) in [5, 5.41) is 11.0. The van der Waals surface area contributed by atoms with Crippen molar-refractivity contribution in [2.75, 3.05) is 0 Å². The van der Waals surface area contributed by atoms with E-state index < -0.39 is 4.92 Å². The molecule has 1 heterocycles. The number of aryl methyl sites for hydroxylation is 1. The van der Waals surface area contributed by atoms with Crippen molar-refractivity contribution >= 4 is 48.9 Å². The van der Waals surface area contributed by atoms with Crippen LogP contribution in [0.1, 0.15) is 10.4 Å². The molecule has 19 heavy (non-hydrogen) atoms. The minimum Gasteiger partial charge on any atom is -0.481 e. The van der Waals surface area contributed by atoms with Crippen LogP contribution < -0.4 is 4.74 Å². The lowest BCUT2D eigenvalue weighted by atomic mass is 10.2. The Bertz CT molecular complexity index is 627. The van der Waals surface area contributed by atoms with Gasteiger partial charge in [0.2, 0.25) is 5.75 Å². The molecule has 0 aliphatic rings. The van der Waals surface area contributed by atoms with Gasteiger partial charge >= 0.3 is 5.69 Å². The Morgan fingerprint density at radius 3 is 2.68 bits per heavy atom. The average Bonchev–Trinajstić information content (AvgIpc) is 2.73. The smallest absolute Gasteiger partial charge is 0.312 e. The summed E-state index contributed by atoms with van der Waals surface area (Å²) in [6.45, 7) is 2.11. The standard InChI is InChI=1S/C12H9Br2NO3S/c1-7-4-8(13)5-10(15(16)17)12(7)18-6-9-2-3-11(14)19-9/h2-5H,6H2,1H3. The van der Waals surface area contributed by atoms with Crippen molar-refractivity contribution in [3.8, 4) is 5.75 Å². The molecule has 0 fully saturated rings. The number of thiophene rings is 1. The highest BCUT2D eigenvalue weighted by Crippen LogP contribution is 2.35. The van der Waals surface area contributed by atoms with Crippen LogP contribution in [0.25, 0.3) is 0 Å². The van der Waals surface area contributed by atoms with Crippen LogP contribution in [0.15, 0.2) is 32.5 Å². The second-order valence-corrected chi connectivity index (χ2v) is 7.29. The van der Waals surface area contributed by atoms with Crippen molar-refractivity contribution in [3.05, 3.63) is 53.1 Å². The second-order valence-electron chi connectivity index (χ2n) is 3.82. The molecule has 2 rings (SSSR count). The minimum absolute atomic E-state index is 0.0255. The Balaban J connectivity index is 2.26. The fraction of sp³-hybridized carbons (Fsp3) is 0.167. The average molecular weight is 407 g/mol. The summed E-state index contributed by atoms with van der Waals surface area (Å²) in [5.41, 5.74) is 0.708. The first-order valence-electron chi connectivity index (χ1n) is 5.29. The van der Waals surface area contributed by atoms with Gasteiger partial charge in [0, 0.05) is 15.4 Å². The molecule has 0 saturated heterocycles. The quantitative estimate of drug-likeness (QED) is 0.526. The van der Waals surface area contributed by atoms with Gasteiger partial charge in [-0.3, -0.25) is 10.1 Å². The number of hydrogen-bond donors (Lipinski definition) is 0. The van der Waals surface area contributed by atoms with E-state index in [9.17, 15) is 10.1 Å². The van der Waals surface area contributed by atoms with Gasteiger partial charge < -0.3 is 4.74 Å². The van der Waals surface area contributed by atoms with E-state index in [2.05, 4.69) is 31.9 Å². The molecule has 0 N–H and O–H groups in total. The topological polar surface area (TPSA) is 52.4 Å². The van der Waals surface area contributed by atoms with Crippen molar-refractivity contribution in [1.29, 1.82) is 0 Å². The zero-order chi connectivity index (χ0) is 14.0. The normalized spacial score (nSPS) is 10.5. The molecule has 2 aromatic rings. The highest BCUT2D eigenvalue weighted by atomic mass is 79.9. The SMILES string of the molecule is Cc1cc(Br)cc([N+](=O)[O-])c1OCc1ccc(Br)s1. The van der Waals surface area contributed by atoms with Gasteiger partial charge in [0.15, 0.2) is 0 Å². The molecular formula is C12H9Br2NO3S. The van der Waals surface area contributed by atoms with Gasteiger partial charge in [0.05, 0.1) is 8.71 Å². The summed E-state index contributed by atoms with van der Waals surface area (Å²) in [4.78, 5) is 11.6. The number of ether oxygens (including phenoxy) is 1.